The Bertz CT molecular complexity index is 909. The Kier molecular flexibility index (Phi) is 5.16. The largest absolute Gasteiger partial charge is 0.493 e. The van der Waals surface area contributed by atoms with Crippen molar-refractivity contribution in [2.45, 2.75) is 49.9 Å². The molecule has 1 aliphatic carbocycles. The van der Waals surface area contributed by atoms with Crippen LogP contribution in [0.2, 0.25) is 0 Å². The number of rotatable bonds is 7. The minimum Gasteiger partial charge on any atom is -0.493 e. The van der Waals surface area contributed by atoms with Crippen molar-refractivity contribution >= 4 is 11.8 Å². The fourth-order valence-electron chi connectivity index (χ4n) is 5.84. The van der Waals surface area contributed by atoms with Crippen molar-refractivity contribution in [1.29, 1.82) is 0 Å². The van der Waals surface area contributed by atoms with E-state index in [0.29, 0.717) is 37.1 Å². The Morgan fingerprint density at radius 2 is 2.00 bits per heavy atom. The second kappa shape index (κ2) is 7.86. The molecule has 1 N–H and O–H groups in total. The molecule has 2 bridgehead atoms. The van der Waals surface area contributed by atoms with Gasteiger partial charge in [0.2, 0.25) is 11.8 Å². The highest BCUT2D eigenvalue weighted by Crippen LogP contribution is 2.53. The van der Waals surface area contributed by atoms with Crippen molar-refractivity contribution in [2.24, 2.45) is 11.8 Å². The van der Waals surface area contributed by atoms with Crippen molar-refractivity contribution in [3.63, 3.8) is 0 Å². The predicted molar refractivity (Wildman–Crippen MR) is 114 cm³/mol. The minimum absolute atomic E-state index is 0.0941. The third-order valence-corrected chi connectivity index (χ3v) is 7.36. The molecule has 4 aliphatic rings. The third kappa shape index (κ3) is 3.30. The Morgan fingerprint density at radius 1 is 1.23 bits per heavy atom. The van der Waals surface area contributed by atoms with Crippen molar-refractivity contribution in [1.82, 2.24) is 10.2 Å². The quantitative estimate of drug-likeness (QED) is 0.676. The second-order valence-corrected chi connectivity index (χ2v) is 9.03. The molecule has 1 aromatic carbocycles. The molecule has 2 amide bonds. The molecule has 7 nitrogen and oxygen atoms in total. The number of ether oxygens (including phenoxy) is 3. The monoisotopic (exact) mass is 426 g/mol. The van der Waals surface area contributed by atoms with Gasteiger partial charge in [0.05, 0.1) is 38.7 Å². The molecule has 1 aromatic rings. The third-order valence-electron chi connectivity index (χ3n) is 7.36. The molecule has 31 heavy (non-hydrogen) atoms. The molecule has 3 fully saturated rings. The van der Waals surface area contributed by atoms with Crippen LogP contribution in [0, 0.1) is 11.8 Å². The molecule has 4 atom stereocenters. The molecular weight excluding hydrogens is 396 g/mol. The van der Waals surface area contributed by atoms with Gasteiger partial charge in [0.15, 0.2) is 11.5 Å². The zero-order chi connectivity index (χ0) is 21.6. The van der Waals surface area contributed by atoms with Gasteiger partial charge in [0, 0.05) is 12.6 Å². The van der Waals surface area contributed by atoms with Gasteiger partial charge in [-0.25, -0.2) is 0 Å². The molecule has 1 saturated carbocycles. The van der Waals surface area contributed by atoms with Gasteiger partial charge in [-0.05, 0) is 37.0 Å². The summed E-state index contributed by atoms with van der Waals surface area (Å²) < 4.78 is 16.9. The summed E-state index contributed by atoms with van der Waals surface area (Å²) in [5.41, 5.74) is 0.429. The molecular formula is C24H30N2O5. The zero-order valence-corrected chi connectivity index (χ0v) is 18.1. The Hall–Kier alpha value is -2.54. The Balaban J connectivity index is 1.24. The number of benzene rings is 1. The highest BCUT2D eigenvalue weighted by molar-refractivity contribution is 5.93. The lowest BCUT2D eigenvalue weighted by molar-refractivity contribution is -0.138. The molecule has 0 aromatic heterocycles. The summed E-state index contributed by atoms with van der Waals surface area (Å²) in [6, 6.07) is 6.05. The predicted octanol–water partition coefficient (Wildman–Crippen LogP) is 2.09. The van der Waals surface area contributed by atoms with Crippen molar-refractivity contribution in [2.75, 3.05) is 27.3 Å². The van der Waals surface area contributed by atoms with E-state index in [4.69, 9.17) is 14.2 Å². The standard InChI is InChI=1S/C24H30N2O5/c1-29-17-8-7-15(13-19(17)30-2)10-12-25-22(27)20-18-9-11-24(31-18)14-26(23(28)21(20)24)16-5-3-4-6-16/h7-9,11,13,16,18,20-21H,3-6,10,12,14H2,1-2H3,(H,25,27)/t18-,20-,21+,24-/m1/s1. The Labute approximate surface area is 182 Å². The van der Waals surface area contributed by atoms with Crippen LogP contribution in [0.15, 0.2) is 30.4 Å². The van der Waals surface area contributed by atoms with Gasteiger partial charge in [-0.1, -0.05) is 31.1 Å². The van der Waals surface area contributed by atoms with Gasteiger partial charge in [-0.2, -0.15) is 0 Å². The topological polar surface area (TPSA) is 77.1 Å². The van der Waals surface area contributed by atoms with Gasteiger partial charge in [0.25, 0.3) is 0 Å². The van der Waals surface area contributed by atoms with Gasteiger partial charge in [0.1, 0.15) is 5.60 Å². The first-order chi connectivity index (χ1) is 15.1. The number of carbonyl (C=O) groups excluding carboxylic acids is 2. The maximum Gasteiger partial charge on any atom is 0.230 e. The summed E-state index contributed by atoms with van der Waals surface area (Å²) in [6.07, 6.45) is 8.83. The molecule has 0 radical (unpaired) electrons. The normalized spacial score (nSPS) is 31.4. The molecule has 0 unspecified atom stereocenters. The minimum atomic E-state index is -0.615. The van der Waals surface area contributed by atoms with Crippen LogP contribution < -0.4 is 14.8 Å². The van der Waals surface area contributed by atoms with E-state index in [1.807, 2.05) is 35.3 Å². The van der Waals surface area contributed by atoms with Gasteiger partial charge < -0.3 is 24.4 Å². The van der Waals surface area contributed by atoms with E-state index in [1.165, 1.54) is 12.8 Å². The number of amides is 2. The molecule has 3 aliphatic heterocycles. The summed E-state index contributed by atoms with van der Waals surface area (Å²) >= 11 is 0. The number of likely N-dealkylation sites (tertiary alicyclic amines) is 1. The van der Waals surface area contributed by atoms with Crippen LogP contribution in [0.3, 0.4) is 0 Å². The van der Waals surface area contributed by atoms with Crippen molar-refractivity contribution in [3.8, 4) is 11.5 Å². The lowest BCUT2D eigenvalue weighted by Gasteiger charge is -2.27. The van der Waals surface area contributed by atoms with Gasteiger partial charge >= 0.3 is 0 Å². The van der Waals surface area contributed by atoms with Gasteiger partial charge in [-0.15, -0.1) is 0 Å². The summed E-state index contributed by atoms with van der Waals surface area (Å²) in [5.74, 6) is 0.502. The highest BCUT2D eigenvalue weighted by Gasteiger charge is 2.67. The van der Waals surface area contributed by atoms with Crippen LogP contribution in [0.1, 0.15) is 31.2 Å². The SMILES string of the molecule is COc1ccc(CCNC(=O)[C@H]2[C@H]3C(=O)N(C4CCCC4)C[C@]34C=C[C@H]2O4)cc1OC. The smallest absolute Gasteiger partial charge is 0.230 e. The summed E-state index contributed by atoms with van der Waals surface area (Å²) in [6.45, 7) is 1.07. The molecule has 3 heterocycles. The van der Waals surface area contributed by atoms with Crippen molar-refractivity contribution < 1.29 is 23.8 Å². The average Bonchev–Trinajstić information content (AvgIpc) is 3.55. The molecule has 166 valence electrons. The number of nitrogens with one attached hydrogen (secondary N) is 1. The van der Waals surface area contributed by atoms with E-state index in [1.54, 1.807) is 14.2 Å². The maximum atomic E-state index is 13.3. The fourth-order valence-corrected chi connectivity index (χ4v) is 5.84. The van der Waals surface area contributed by atoms with Crippen LogP contribution >= 0.6 is 0 Å². The van der Waals surface area contributed by atoms with Crippen LogP contribution in [-0.4, -0.2) is 61.8 Å². The lowest BCUT2D eigenvalue weighted by Crippen LogP contribution is -2.45. The van der Waals surface area contributed by atoms with E-state index in [-0.39, 0.29) is 17.9 Å². The van der Waals surface area contributed by atoms with Crippen LogP contribution in [0.5, 0.6) is 11.5 Å². The maximum absolute atomic E-state index is 13.3. The molecule has 7 heteroatoms. The summed E-state index contributed by atoms with van der Waals surface area (Å²) in [7, 11) is 3.21. The molecule has 1 spiro atoms. The van der Waals surface area contributed by atoms with Crippen LogP contribution in [0.25, 0.3) is 0 Å². The van der Waals surface area contributed by atoms with E-state index in [9.17, 15) is 9.59 Å². The number of methoxy groups -OCH3 is 2. The molecule has 5 rings (SSSR count). The Morgan fingerprint density at radius 3 is 2.74 bits per heavy atom. The number of hydrogen-bond donors (Lipinski definition) is 1. The lowest BCUT2D eigenvalue weighted by atomic mass is 9.77. The number of nitrogens with zero attached hydrogens (tertiary/aromatic N) is 1. The zero-order valence-electron chi connectivity index (χ0n) is 18.1. The summed E-state index contributed by atoms with van der Waals surface area (Å²) in [4.78, 5) is 28.4. The van der Waals surface area contributed by atoms with Crippen LogP contribution in [0.4, 0.5) is 0 Å². The molecule has 2 saturated heterocycles. The summed E-state index contributed by atoms with van der Waals surface area (Å²) in [5, 5.41) is 3.04. The highest BCUT2D eigenvalue weighted by atomic mass is 16.5. The number of hydrogen-bond acceptors (Lipinski definition) is 5. The van der Waals surface area contributed by atoms with Gasteiger partial charge in [-0.3, -0.25) is 9.59 Å². The van der Waals surface area contributed by atoms with E-state index >= 15 is 0 Å². The number of fused-ring (bicyclic) bond motifs is 1. The number of carbonyl (C=O) groups is 2. The van der Waals surface area contributed by atoms with E-state index in [0.717, 1.165) is 18.4 Å². The van der Waals surface area contributed by atoms with Crippen LogP contribution in [-0.2, 0) is 20.7 Å². The fraction of sp³-hybridized carbons (Fsp3) is 0.583. The second-order valence-electron chi connectivity index (χ2n) is 9.03. The first-order valence-corrected chi connectivity index (χ1v) is 11.2. The first-order valence-electron chi connectivity index (χ1n) is 11.2. The van der Waals surface area contributed by atoms with Crippen molar-refractivity contribution in [3.05, 3.63) is 35.9 Å². The average molecular weight is 427 g/mol. The van der Waals surface area contributed by atoms with E-state index in [2.05, 4.69) is 5.32 Å². The van der Waals surface area contributed by atoms with E-state index < -0.39 is 17.4 Å². The first kappa shape index (κ1) is 20.4.